The number of rotatable bonds is 5. The number of halogens is 1. The van der Waals surface area contributed by atoms with E-state index >= 15 is 0 Å². The number of anilines is 1. The molecule has 1 aromatic carbocycles. The Labute approximate surface area is 219 Å². The second kappa shape index (κ2) is 9.30. The Morgan fingerprint density at radius 1 is 1.17 bits per heavy atom. The molecular formula is C26H30ClN7OS. The topological polar surface area (TPSA) is 109 Å². The fourth-order valence-corrected chi connectivity index (χ4v) is 6.34. The van der Waals surface area contributed by atoms with Crippen LogP contribution in [0, 0.1) is 0 Å². The fraction of sp³-hybridized carbons (Fsp3) is 0.385. The van der Waals surface area contributed by atoms with Crippen LogP contribution < -0.4 is 21.1 Å². The second-order valence-electron chi connectivity index (χ2n) is 9.67. The number of fused-ring (bicyclic) bond motifs is 2. The lowest BCUT2D eigenvalue weighted by molar-refractivity contribution is 0.420. The van der Waals surface area contributed by atoms with Gasteiger partial charge in [-0.1, -0.05) is 25.1 Å². The molecule has 0 bridgehead atoms. The Hall–Kier alpha value is -2.72. The number of nitrogens with two attached hydrogens (primary N) is 2. The van der Waals surface area contributed by atoms with Crippen LogP contribution in [0.5, 0.6) is 5.75 Å². The Balaban J connectivity index is 1.35. The minimum atomic E-state index is 0.132. The highest BCUT2D eigenvalue weighted by Crippen LogP contribution is 2.41. The van der Waals surface area contributed by atoms with Crippen LogP contribution in [-0.2, 0) is 6.42 Å². The summed E-state index contributed by atoms with van der Waals surface area (Å²) in [7, 11) is 0. The molecule has 0 saturated carbocycles. The van der Waals surface area contributed by atoms with E-state index in [2.05, 4.69) is 40.4 Å². The van der Waals surface area contributed by atoms with Crippen molar-refractivity contribution in [3.63, 3.8) is 0 Å². The van der Waals surface area contributed by atoms with Crippen molar-refractivity contribution >= 4 is 45.9 Å². The van der Waals surface area contributed by atoms with Crippen LogP contribution in [0.1, 0.15) is 31.0 Å². The van der Waals surface area contributed by atoms with Gasteiger partial charge in [-0.3, -0.25) is 0 Å². The molecule has 188 valence electrons. The van der Waals surface area contributed by atoms with Crippen molar-refractivity contribution in [1.82, 2.24) is 19.9 Å². The minimum Gasteiger partial charge on any atom is -0.457 e. The molecule has 0 unspecified atom stereocenters. The number of H-pyrrole nitrogens is 1. The maximum Gasteiger partial charge on any atom is 0.196 e. The van der Waals surface area contributed by atoms with Crippen molar-refractivity contribution in [2.45, 2.75) is 48.3 Å². The van der Waals surface area contributed by atoms with Gasteiger partial charge in [0.05, 0.1) is 16.1 Å². The van der Waals surface area contributed by atoms with Crippen molar-refractivity contribution < 1.29 is 4.74 Å². The quantitative estimate of drug-likeness (QED) is 0.428. The number of ether oxygens (including phenoxy) is 1. The molecule has 10 heteroatoms. The third-order valence-corrected chi connectivity index (χ3v) is 8.32. The van der Waals surface area contributed by atoms with Crippen molar-refractivity contribution in [3.8, 4) is 5.75 Å². The number of nitrogens with zero attached hydrogens (tertiary/aromatic N) is 4. The lowest BCUT2D eigenvalue weighted by Crippen LogP contribution is -2.27. The molecule has 0 radical (unpaired) electrons. The summed E-state index contributed by atoms with van der Waals surface area (Å²) in [5.74, 6) is 2.25. The maximum absolute atomic E-state index is 6.74. The van der Waals surface area contributed by atoms with Gasteiger partial charge in [0, 0.05) is 60.5 Å². The van der Waals surface area contributed by atoms with Gasteiger partial charge in [-0.2, -0.15) is 0 Å². The molecule has 36 heavy (non-hydrogen) atoms. The first-order chi connectivity index (χ1) is 17.4. The summed E-state index contributed by atoms with van der Waals surface area (Å²) in [6.07, 6.45) is 4.71. The van der Waals surface area contributed by atoms with E-state index in [1.54, 1.807) is 0 Å². The molecule has 2 fully saturated rings. The molecule has 8 nitrogen and oxygen atoms in total. The standard InChI is InChI=1S/C26H30ClN7OS/c1-3-19-23(27)22-24(30-19)31-26(32-25(22)34-9-7-16(29)13-34)36-17-4-5-18-20(33-8-6-15(28)12-33)10-14(2)35-21(18)11-17/h4-5,10-11,15-16H,2-3,6-9,12-13,28-29H2,1H3,(H,30,31,32)/t15-,16+/m0/s1. The van der Waals surface area contributed by atoms with Crippen molar-refractivity contribution in [2.24, 2.45) is 11.5 Å². The lowest BCUT2D eigenvalue weighted by atomic mass is 10.1. The molecule has 5 N–H and O–H groups in total. The van der Waals surface area contributed by atoms with Gasteiger partial charge in [0.15, 0.2) is 5.16 Å². The summed E-state index contributed by atoms with van der Waals surface area (Å²) >= 11 is 8.24. The average molecular weight is 524 g/mol. The van der Waals surface area contributed by atoms with Gasteiger partial charge in [-0.15, -0.1) is 0 Å². The van der Waals surface area contributed by atoms with E-state index in [-0.39, 0.29) is 12.1 Å². The normalized spacial score (nSPS) is 21.8. The monoisotopic (exact) mass is 523 g/mol. The lowest BCUT2D eigenvalue weighted by Gasteiger charge is -2.28. The number of aryl methyl sites for hydroxylation is 1. The number of aromatic amines is 1. The van der Waals surface area contributed by atoms with Gasteiger partial charge in [0.25, 0.3) is 0 Å². The van der Waals surface area contributed by atoms with Crippen LogP contribution >= 0.6 is 23.4 Å². The summed E-state index contributed by atoms with van der Waals surface area (Å²) in [5, 5.41) is 2.21. The van der Waals surface area contributed by atoms with Gasteiger partial charge in [-0.05, 0) is 49.2 Å². The summed E-state index contributed by atoms with van der Waals surface area (Å²) in [6.45, 7) is 9.51. The molecule has 2 saturated heterocycles. The molecule has 2 aromatic heterocycles. The molecule has 0 spiro atoms. The van der Waals surface area contributed by atoms with E-state index in [9.17, 15) is 0 Å². The van der Waals surface area contributed by atoms with E-state index in [0.717, 1.165) is 89.9 Å². The largest absolute Gasteiger partial charge is 0.457 e. The van der Waals surface area contributed by atoms with Gasteiger partial charge in [-0.25, -0.2) is 9.97 Å². The molecular weight excluding hydrogens is 494 g/mol. The smallest absolute Gasteiger partial charge is 0.196 e. The SMILES string of the molecule is C=C1C=C(N2CC[C@H](N)C2)c2ccc(Sc3nc(N4CC[C@@H](N)C4)c4c(Cl)c(CC)[nH]c4n3)cc2O1. The Morgan fingerprint density at radius 2 is 1.92 bits per heavy atom. The number of nitrogens with one attached hydrogen (secondary N) is 1. The third kappa shape index (κ3) is 4.24. The number of benzene rings is 1. The molecule has 2 atom stereocenters. The Kier molecular flexibility index (Phi) is 6.11. The van der Waals surface area contributed by atoms with E-state index in [1.807, 2.05) is 12.1 Å². The van der Waals surface area contributed by atoms with Gasteiger partial charge in [0.2, 0.25) is 0 Å². The molecule has 3 aliphatic heterocycles. The summed E-state index contributed by atoms with van der Waals surface area (Å²) in [4.78, 5) is 18.7. The van der Waals surface area contributed by atoms with Crippen molar-refractivity contribution in [1.29, 1.82) is 0 Å². The predicted octanol–water partition coefficient (Wildman–Crippen LogP) is 4.14. The summed E-state index contributed by atoms with van der Waals surface area (Å²) in [5.41, 5.74) is 16.3. The molecule has 3 aromatic rings. The van der Waals surface area contributed by atoms with Crippen LogP contribution in [0.25, 0.3) is 16.7 Å². The summed E-state index contributed by atoms with van der Waals surface area (Å²) in [6, 6.07) is 6.54. The van der Waals surface area contributed by atoms with Crippen LogP contribution in [-0.4, -0.2) is 58.1 Å². The zero-order valence-corrected chi connectivity index (χ0v) is 21.8. The molecule has 0 amide bonds. The average Bonchev–Trinajstić information content (AvgIpc) is 3.56. The number of hydrogen-bond donors (Lipinski definition) is 3. The van der Waals surface area contributed by atoms with Crippen LogP contribution in [0.15, 0.2) is 46.7 Å². The molecule has 6 rings (SSSR count). The van der Waals surface area contributed by atoms with Crippen LogP contribution in [0.4, 0.5) is 5.82 Å². The predicted molar refractivity (Wildman–Crippen MR) is 146 cm³/mol. The molecule has 5 heterocycles. The van der Waals surface area contributed by atoms with Crippen molar-refractivity contribution in [2.75, 3.05) is 31.1 Å². The van der Waals surface area contributed by atoms with E-state index < -0.39 is 0 Å². The molecule has 0 aliphatic carbocycles. The number of aromatic nitrogens is 3. The number of hydrogen-bond acceptors (Lipinski definition) is 8. The Morgan fingerprint density at radius 3 is 2.61 bits per heavy atom. The highest BCUT2D eigenvalue weighted by molar-refractivity contribution is 7.99. The zero-order chi connectivity index (χ0) is 25.0. The fourth-order valence-electron chi connectivity index (χ4n) is 5.20. The minimum absolute atomic E-state index is 0.132. The van der Waals surface area contributed by atoms with Gasteiger partial charge in [0.1, 0.15) is 23.0 Å². The first-order valence-electron chi connectivity index (χ1n) is 12.4. The Bertz CT molecular complexity index is 1390. The van der Waals surface area contributed by atoms with Gasteiger partial charge < -0.3 is 31.0 Å². The van der Waals surface area contributed by atoms with E-state index in [0.29, 0.717) is 15.9 Å². The number of allylic oxidation sites excluding steroid dienone is 1. The first kappa shape index (κ1) is 23.7. The number of likely N-dealkylation sites (tertiary alicyclic amines) is 1. The first-order valence-corrected chi connectivity index (χ1v) is 13.6. The molecule has 3 aliphatic rings. The van der Waals surface area contributed by atoms with Crippen LogP contribution in [0.2, 0.25) is 5.02 Å². The van der Waals surface area contributed by atoms with Crippen molar-refractivity contribution in [3.05, 3.63) is 52.9 Å². The zero-order valence-electron chi connectivity index (χ0n) is 20.3. The third-order valence-electron chi connectivity index (χ3n) is 7.04. The van der Waals surface area contributed by atoms with E-state index in [4.69, 9.17) is 37.8 Å². The van der Waals surface area contributed by atoms with Gasteiger partial charge >= 0.3 is 0 Å². The van der Waals surface area contributed by atoms with Crippen LogP contribution in [0.3, 0.4) is 0 Å². The highest BCUT2D eigenvalue weighted by atomic mass is 35.5. The summed E-state index contributed by atoms with van der Waals surface area (Å²) < 4.78 is 6.02. The van der Waals surface area contributed by atoms with E-state index in [1.165, 1.54) is 11.8 Å². The highest BCUT2D eigenvalue weighted by Gasteiger charge is 2.28. The maximum atomic E-state index is 6.74. The second-order valence-corrected chi connectivity index (χ2v) is 11.1.